The first-order chi connectivity index (χ1) is 12.6. The van der Waals surface area contributed by atoms with E-state index in [1.807, 2.05) is 60.3 Å². The number of aryl methyl sites for hydroxylation is 1. The predicted molar refractivity (Wildman–Crippen MR) is 105 cm³/mol. The lowest BCUT2D eigenvalue weighted by Gasteiger charge is -2.13. The Bertz CT molecular complexity index is 872. The Morgan fingerprint density at radius 1 is 1.00 bits per heavy atom. The second-order valence-corrected chi connectivity index (χ2v) is 6.41. The average molecular weight is 389 g/mol. The number of imidazole rings is 1. The van der Waals surface area contributed by atoms with Gasteiger partial charge in [0.2, 0.25) is 0 Å². The number of halogens is 2. The third-order valence-corrected chi connectivity index (χ3v) is 4.17. The van der Waals surface area contributed by atoms with E-state index in [1.54, 1.807) is 18.3 Å². The van der Waals surface area contributed by atoms with E-state index < -0.39 is 0 Å². The molecule has 0 fully saturated rings. The second-order valence-electron chi connectivity index (χ2n) is 5.53. The van der Waals surface area contributed by atoms with Crippen LogP contribution in [0.4, 0.5) is 0 Å². The van der Waals surface area contributed by atoms with Gasteiger partial charge in [-0.1, -0.05) is 23.2 Å². The summed E-state index contributed by atoms with van der Waals surface area (Å²) in [5, 5.41) is 1.36. The fraction of sp³-hybridized carbons (Fsp3) is 0.150. The van der Waals surface area contributed by atoms with Crippen LogP contribution < -0.4 is 4.74 Å². The molecule has 134 valence electrons. The van der Waals surface area contributed by atoms with Crippen LogP contribution in [-0.2, 0) is 4.74 Å². The molecule has 0 saturated heterocycles. The van der Waals surface area contributed by atoms with E-state index in [-0.39, 0.29) is 0 Å². The van der Waals surface area contributed by atoms with Gasteiger partial charge in [-0.3, -0.25) is 0 Å². The van der Waals surface area contributed by atoms with Crippen molar-refractivity contribution in [1.82, 2.24) is 9.55 Å². The van der Waals surface area contributed by atoms with E-state index in [1.165, 1.54) is 0 Å². The maximum absolute atomic E-state index is 5.99. The van der Waals surface area contributed by atoms with Crippen molar-refractivity contribution < 1.29 is 9.47 Å². The zero-order valence-corrected chi connectivity index (χ0v) is 15.7. The molecule has 3 rings (SSSR count). The van der Waals surface area contributed by atoms with Crippen molar-refractivity contribution in [2.24, 2.45) is 0 Å². The molecule has 0 N–H and O–H groups in total. The average Bonchev–Trinajstić information content (AvgIpc) is 3.04. The Morgan fingerprint density at radius 3 is 2.27 bits per heavy atom. The van der Waals surface area contributed by atoms with Gasteiger partial charge in [0.1, 0.15) is 30.5 Å². The van der Waals surface area contributed by atoms with Crippen molar-refractivity contribution in [3.8, 4) is 5.75 Å². The van der Waals surface area contributed by atoms with Crippen LogP contribution in [0.15, 0.2) is 60.9 Å². The molecule has 0 aliphatic carbocycles. The lowest BCUT2D eigenvalue weighted by atomic mass is 10.2. The smallest absolute Gasteiger partial charge is 0.143 e. The van der Waals surface area contributed by atoms with E-state index in [0.717, 1.165) is 17.1 Å². The van der Waals surface area contributed by atoms with Crippen molar-refractivity contribution in [1.29, 1.82) is 0 Å². The SMILES string of the molecule is Cc1nccn1/C=C(/OCCOc1ccc(Cl)cc1)c1ccc(Cl)cc1. The summed E-state index contributed by atoms with van der Waals surface area (Å²) in [7, 11) is 0. The standard InChI is InChI=1S/C20H18Cl2N2O2/c1-15-23-10-11-24(15)14-20(16-2-4-17(21)5-3-16)26-13-12-25-19-8-6-18(22)7-9-19/h2-11,14H,12-13H2,1H3/b20-14+. The number of aromatic nitrogens is 2. The molecular weight excluding hydrogens is 371 g/mol. The van der Waals surface area contributed by atoms with Gasteiger partial charge < -0.3 is 14.0 Å². The molecule has 1 aromatic heterocycles. The minimum atomic E-state index is 0.394. The number of hydrogen-bond acceptors (Lipinski definition) is 3. The van der Waals surface area contributed by atoms with Crippen LogP contribution in [0, 0.1) is 6.92 Å². The lowest BCUT2D eigenvalue weighted by molar-refractivity contribution is 0.195. The molecule has 26 heavy (non-hydrogen) atoms. The molecule has 0 radical (unpaired) electrons. The Kier molecular flexibility index (Phi) is 6.21. The van der Waals surface area contributed by atoms with Crippen molar-refractivity contribution in [3.63, 3.8) is 0 Å². The minimum absolute atomic E-state index is 0.394. The minimum Gasteiger partial charge on any atom is -0.490 e. The third kappa shape index (κ3) is 5.04. The fourth-order valence-corrected chi connectivity index (χ4v) is 2.55. The van der Waals surface area contributed by atoms with Gasteiger partial charge in [0.15, 0.2) is 0 Å². The Labute approximate surface area is 162 Å². The van der Waals surface area contributed by atoms with Crippen molar-refractivity contribution in [3.05, 3.63) is 82.4 Å². The molecule has 0 aliphatic heterocycles. The highest BCUT2D eigenvalue weighted by Gasteiger charge is 2.06. The molecule has 0 unspecified atom stereocenters. The summed E-state index contributed by atoms with van der Waals surface area (Å²) in [5.74, 6) is 2.33. The molecule has 2 aromatic carbocycles. The molecule has 3 aromatic rings. The summed E-state index contributed by atoms with van der Waals surface area (Å²) >= 11 is 11.9. The van der Waals surface area contributed by atoms with E-state index in [0.29, 0.717) is 29.0 Å². The molecular formula is C20H18Cl2N2O2. The fourth-order valence-electron chi connectivity index (χ4n) is 2.30. The van der Waals surface area contributed by atoms with E-state index >= 15 is 0 Å². The van der Waals surface area contributed by atoms with Crippen LogP contribution in [0.5, 0.6) is 5.75 Å². The van der Waals surface area contributed by atoms with Gasteiger partial charge in [-0.2, -0.15) is 0 Å². The summed E-state index contributed by atoms with van der Waals surface area (Å²) < 4.78 is 13.5. The summed E-state index contributed by atoms with van der Waals surface area (Å²) in [6, 6.07) is 14.7. The molecule has 0 spiro atoms. The Morgan fingerprint density at radius 2 is 1.65 bits per heavy atom. The maximum atomic E-state index is 5.99. The molecule has 1 heterocycles. The number of rotatable bonds is 7. The van der Waals surface area contributed by atoms with Gasteiger partial charge in [-0.05, 0) is 55.5 Å². The molecule has 0 atom stereocenters. The van der Waals surface area contributed by atoms with Crippen LogP contribution in [0.1, 0.15) is 11.4 Å². The zero-order valence-electron chi connectivity index (χ0n) is 14.2. The summed E-state index contributed by atoms with van der Waals surface area (Å²) in [4.78, 5) is 4.23. The highest BCUT2D eigenvalue weighted by Crippen LogP contribution is 2.21. The predicted octanol–water partition coefficient (Wildman–Crippen LogP) is 5.55. The summed E-state index contributed by atoms with van der Waals surface area (Å²) in [5.41, 5.74) is 0.925. The first-order valence-corrected chi connectivity index (χ1v) is 8.86. The van der Waals surface area contributed by atoms with Crippen LogP contribution >= 0.6 is 23.2 Å². The van der Waals surface area contributed by atoms with Crippen molar-refractivity contribution >= 4 is 35.2 Å². The van der Waals surface area contributed by atoms with Crippen LogP contribution in [0.2, 0.25) is 10.0 Å². The monoisotopic (exact) mass is 388 g/mol. The van der Waals surface area contributed by atoms with Crippen LogP contribution in [-0.4, -0.2) is 22.8 Å². The number of hydrogen-bond donors (Lipinski definition) is 0. The summed E-state index contributed by atoms with van der Waals surface area (Å²) in [6.45, 7) is 2.74. The lowest BCUT2D eigenvalue weighted by Crippen LogP contribution is -2.07. The van der Waals surface area contributed by atoms with Gasteiger partial charge in [0, 0.05) is 28.0 Å². The highest BCUT2D eigenvalue weighted by atomic mass is 35.5. The van der Waals surface area contributed by atoms with E-state index in [4.69, 9.17) is 32.7 Å². The van der Waals surface area contributed by atoms with Crippen molar-refractivity contribution in [2.45, 2.75) is 6.92 Å². The molecule has 4 nitrogen and oxygen atoms in total. The Balaban J connectivity index is 1.67. The zero-order chi connectivity index (χ0) is 18.4. The normalized spacial score (nSPS) is 11.4. The molecule has 0 aliphatic rings. The van der Waals surface area contributed by atoms with Gasteiger partial charge in [-0.25, -0.2) is 4.98 Å². The van der Waals surface area contributed by atoms with Gasteiger partial charge in [0.05, 0.1) is 6.20 Å². The number of ether oxygens (including phenoxy) is 2. The van der Waals surface area contributed by atoms with Crippen LogP contribution in [0.25, 0.3) is 12.0 Å². The molecule has 0 bridgehead atoms. The maximum Gasteiger partial charge on any atom is 0.143 e. The van der Waals surface area contributed by atoms with Crippen molar-refractivity contribution in [2.75, 3.05) is 13.2 Å². The molecule has 0 saturated carbocycles. The highest BCUT2D eigenvalue weighted by molar-refractivity contribution is 6.30. The van der Waals surface area contributed by atoms with Crippen LogP contribution in [0.3, 0.4) is 0 Å². The third-order valence-electron chi connectivity index (χ3n) is 3.67. The van der Waals surface area contributed by atoms with Gasteiger partial charge in [0.25, 0.3) is 0 Å². The second kappa shape index (κ2) is 8.79. The number of benzene rings is 2. The summed E-state index contributed by atoms with van der Waals surface area (Å²) in [6.07, 6.45) is 5.52. The van der Waals surface area contributed by atoms with E-state index in [2.05, 4.69) is 4.98 Å². The van der Waals surface area contributed by atoms with Gasteiger partial charge in [-0.15, -0.1) is 0 Å². The first-order valence-electron chi connectivity index (χ1n) is 8.10. The molecule has 6 heteroatoms. The topological polar surface area (TPSA) is 36.3 Å². The number of nitrogens with zero attached hydrogens (tertiary/aromatic N) is 2. The Hall–Kier alpha value is -2.43. The quantitative estimate of drug-likeness (QED) is 0.393. The first kappa shape index (κ1) is 18.4. The molecule has 0 amide bonds. The van der Waals surface area contributed by atoms with Gasteiger partial charge >= 0.3 is 0 Å². The largest absolute Gasteiger partial charge is 0.490 e. The van der Waals surface area contributed by atoms with E-state index in [9.17, 15) is 0 Å².